The summed E-state index contributed by atoms with van der Waals surface area (Å²) >= 11 is 1.49. The van der Waals surface area contributed by atoms with Crippen LogP contribution in [0.1, 0.15) is 26.7 Å². The third-order valence-electron chi connectivity index (χ3n) is 9.55. The van der Waals surface area contributed by atoms with Gasteiger partial charge in [-0.15, -0.1) is 11.8 Å². The first-order valence-corrected chi connectivity index (χ1v) is 15.7. The zero-order chi connectivity index (χ0) is 29.7. The van der Waals surface area contributed by atoms with E-state index in [1.165, 1.54) is 27.8 Å². The second-order valence-electron chi connectivity index (χ2n) is 12.3. The van der Waals surface area contributed by atoms with Crippen molar-refractivity contribution >= 4 is 35.3 Å². The maximum Gasteiger partial charge on any atom is 0.353 e. The molecule has 6 atom stereocenters. The van der Waals surface area contributed by atoms with E-state index in [0.29, 0.717) is 23.9 Å². The molecule has 6 rings (SSSR count). The number of rotatable bonds is 10. The first kappa shape index (κ1) is 29.2. The van der Waals surface area contributed by atoms with Crippen molar-refractivity contribution in [3.8, 4) is 0 Å². The van der Waals surface area contributed by atoms with E-state index in [4.69, 9.17) is 0 Å². The van der Waals surface area contributed by atoms with Gasteiger partial charge in [-0.3, -0.25) is 19.3 Å². The number of carboxylic acid groups (broad SMARTS) is 1. The van der Waals surface area contributed by atoms with Gasteiger partial charge in [0.2, 0.25) is 11.8 Å². The first-order valence-electron chi connectivity index (χ1n) is 14.8. The summed E-state index contributed by atoms with van der Waals surface area (Å²) in [6.45, 7) is 10.1. The van der Waals surface area contributed by atoms with Crippen LogP contribution in [0.5, 0.6) is 0 Å². The number of hydrogen-bond acceptors (Lipinski definition) is 10. The average molecular weight is 603 g/mol. The van der Waals surface area contributed by atoms with Gasteiger partial charge in [0.1, 0.15) is 17.3 Å². The Balaban J connectivity index is 1.05. The topological polar surface area (TPSA) is 157 Å². The van der Waals surface area contributed by atoms with Gasteiger partial charge in [0.15, 0.2) is 11.0 Å². The number of hydrogen-bond donors (Lipinski definition) is 3. The highest BCUT2D eigenvalue weighted by Crippen LogP contribution is 2.53. The van der Waals surface area contributed by atoms with Gasteiger partial charge in [0, 0.05) is 74.3 Å². The summed E-state index contributed by atoms with van der Waals surface area (Å²) in [5.41, 5.74) is 0.0603. The van der Waals surface area contributed by atoms with Crippen LogP contribution in [0.3, 0.4) is 0 Å². The number of nitrogens with one attached hydrogen (secondary N) is 2. The second kappa shape index (κ2) is 11.7. The van der Waals surface area contributed by atoms with E-state index >= 15 is 0 Å². The molecular weight excluding hydrogens is 562 g/mol. The number of likely N-dealkylation sites (tertiary alicyclic amines) is 1. The number of aliphatic carboxylic acids is 1. The Hall–Kier alpha value is -2.88. The Morgan fingerprint density at radius 3 is 2.64 bits per heavy atom. The van der Waals surface area contributed by atoms with Crippen LogP contribution >= 0.6 is 11.8 Å². The van der Waals surface area contributed by atoms with Crippen molar-refractivity contribution in [3.63, 3.8) is 0 Å². The number of fused-ring (bicyclic) bond motifs is 1. The number of thioether (sulfide) groups is 1. The Morgan fingerprint density at radius 1 is 1.24 bits per heavy atom. The minimum atomic E-state index is -1.11. The lowest BCUT2D eigenvalue weighted by Gasteiger charge is -2.47. The normalized spacial score (nSPS) is 30.7. The summed E-state index contributed by atoms with van der Waals surface area (Å²) in [5.74, 6) is -2.07. The van der Waals surface area contributed by atoms with Crippen molar-refractivity contribution in [2.45, 2.75) is 56.6 Å². The quantitative estimate of drug-likeness (QED) is 0.202. The molecule has 1 aromatic heterocycles. The van der Waals surface area contributed by atoms with Gasteiger partial charge < -0.3 is 25.5 Å². The van der Waals surface area contributed by atoms with Crippen LogP contribution in [-0.2, 0) is 32.8 Å². The number of β-lactam (4-membered cyclic amide) rings is 1. The molecule has 15 heteroatoms. The van der Waals surface area contributed by atoms with Crippen molar-refractivity contribution in [1.29, 1.82) is 0 Å². The average Bonchev–Trinajstić information content (AvgIpc) is 3.62. The Morgan fingerprint density at radius 2 is 1.98 bits per heavy atom. The molecule has 228 valence electrons. The highest BCUT2D eigenvalue weighted by Gasteiger charge is 2.60. The van der Waals surface area contributed by atoms with Gasteiger partial charge >= 0.3 is 5.97 Å². The van der Waals surface area contributed by atoms with Gasteiger partial charge in [-0.1, -0.05) is 18.6 Å². The largest absolute Gasteiger partial charge is 0.477 e. The second-order valence-corrected chi connectivity index (χ2v) is 13.6. The number of aromatic nitrogens is 4. The van der Waals surface area contributed by atoms with E-state index < -0.39 is 11.9 Å². The van der Waals surface area contributed by atoms with Crippen LogP contribution in [0.25, 0.3) is 0 Å². The molecule has 2 amide bonds. The fourth-order valence-corrected chi connectivity index (χ4v) is 8.70. The van der Waals surface area contributed by atoms with Gasteiger partial charge in [0.25, 0.3) is 6.33 Å². The minimum absolute atomic E-state index is 0.0341. The van der Waals surface area contributed by atoms with Crippen molar-refractivity contribution in [2.75, 3.05) is 45.8 Å². The van der Waals surface area contributed by atoms with Gasteiger partial charge in [-0.05, 0) is 12.3 Å². The number of Topliss-reactive ketones (excluding diaryl/α,β-unsaturated/α-hetero) is 1. The molecule has 1 aromatic rings. The monoisotopic (exact) mass is 602 g/mol. The van der Waals surface area contributed by atoms with Crippen LogP contribution in [0.2, 0.25) is 0 Å². The predicted molar refractivity (Wildman–Crippen MR) is 151 cm³/mol. The summed E-state index contributed by atoms with van der Waals surface area (Å²) in [5, 5.41) is 24.5. The molecule has 0 saturated carbocycles. The van der Waals surface area contributed by atoms with E-state index in [9.17, 15) is 24.3 Å². The fraction of sp³-hybridized carbons (Fsp3) is 0.741. The van der Waals surface area contributed by atoms with Crippen molar-refractivity contribution in [1.82, 2.24) is 40.4 Å². The van der Waals surface area contributed by atoms with E-state index in [1.807, 2.05) is 18.7 Å². The highest BCUT2D eigenvalue weighted by atomic mass is 32.2. The minimum Gasteiger partial charge on any atom is -0.477 e. The fourth-order valence-electron chi connectivity index (χ4n) is 7.22. The zero-order valence-corrected chi connectivity index (χ0v) is 25.1. The SMILES string of the molecule is C[C@@H](CC(=O)C[n+]1cnnn1C)C1C(=O)N2C(C(=O)O)=C(S[C@@H]3CN[C@H](C(=O)N4CC(N5CCNCC5)C4)C3)[C@H](C)[C@H]12. The number of carbonyl (C=O) groups is 4. The standard InChI is InChI=1S/C27H39N9O5S/c1-15(8-18(37)13-35-14-30-31-32(35)3)21-22-16(2)24(23(27(40)41)36(22)26(21)39)42-19-9-20(29-10-19)25(38)34-11-17(12-34)33-6-4-28-5-7-33/h14-17,19-22,28-29H,4-13H2,1-3H3/p+1/t15-,16+,19-,20-,21?,22+/m0/s1. The molecule has 4 saturated heterocycles. The van der Waals surface area contributed by atoms with Gasteiger partial charge in [-0.25, -0.2) is 4.79 Å². The van der Waals surface area contributed by atoms with E-state index in [-0.39, 0.29) is 65.4 Å². The lowest BCUT2D eigenvalue weighted by Crippen LogP contribution is -2.65. The maximum absolute atomic E-state index is 13.3. The maximum atomic E-state index is 13.3. The molecule has 3 N–H and O–H groups in total. The summed E-state index contributed by atoms with van der Waals surface area (Å²) in [4.78, 5) is 59.6. The number of aryl methyl sites for hydroxylation is 1. The summed E-state index contributed by atoms with van der Waals surface area (Å²) in [6.07, 6.45) is 2.31. The number of piperazine rings is 1. The van der Waals surface area contributed by atoms with Crippen molar-refractivity contribution < 1.29 is 29.0 Å². The van der Waals surface area contributed by atoms with E-state index in [0.717, 1.165) is 39.3 Å². The molecule has 1 unspecified atom stereocenters. The van der Waals surface area contributed by atoms with Crippen LogP contribution in [0.15, 0.2) is 16.9 Å². The molecule has 0 bridgehead atoms. The predicted octanol–water partition coefficient (Wildman–Crippen LogP) is -1.95. The molecule has 5 aliphatic heterocycles. The molecule has 4 fully saturated rings. The number of carboxylic acids is 1. The number of tetrazole rings is 1. The number of amides is 2. The third-order valence-corrected chi connectivity index (χ3v) is 11.1. The molecule has 0 radical (unpaired) electrons. The summed E-state index contributed by atoms with van der Waals surface area (Å²) < 4.78 is 1.60. The Kier molecular flexibility index (Phi) is 8.11. The lowest BCUT2D eigenvalue weighted by atomic mass is 9.73. The highest BCUT2D eigenvalue weighted by molar-refractivity contribution is 8.03. The molecule has 0 aromatic carbocycles. The van der Waals surface area contributed by atoms with E-state index in [2.05, 4.69) is 25.8 Å². The van der Waals surface area contributed by atoms with Crippen LogP contribution in [0, 0.1) is 17.8 Å². The molecule has 42 heavy (non-hydrogen) atoms. The smallest absolute Gasteiger partial charge is 0.353 e. The van der Waals surface area contributed by atoms with Crippen LogP contribution < -0.4 is 15.3 Å². The third kappa shape index (κ3) is 5.24. The molecule has 0 spiro atoms. The zero-order valence-electron chi connectivity index (χ0n) is 24.3. The molecule has 0 aliphatic carbocycles. The molecule has 5 aliphatic rings. The molecule has 6 heterocycles. The van der Waals surface area contributed by atoms with Gasteiger partial charge in [-0.2, -0.15) is 4.68 Å². The van der Waals surface area contributed by atoms with E-state index in [1.54, 1.807) is 11.7 Å². The molecule has 14 nitrogen and oxygen atoms in total. The van der Waals surface area contributed by atoms with Crippen molar-refractivity contribution in [2.24, 2.45) is 24.8 Å². The van der Waals surface area contributed by atoms with Crippen LogP contribution in [0.4, 0.5) is 0 Å². The molecular formula is C27H40N9O5S+. The van der Waals surface area contributed by atoms with Crippen molar-refractivity contribution in [3.05, 3.63) is 16.9 Å². The van der Waals surface area contributed by atoms with Crippen LogP contribution in [-0.4, -0.2) is 128 Å². The van der Waals surface area contributed by atoms with Gasteiger partial charge in [0.05, 0.1) is 25.0 Å². The number of carbonyl (C=O) groups excluding carboxylic acids is 3. The summed E-state index contributed by atoms with van der Waals surface area (Å²) in [7, 11) is 1.70. The first-order chi connectivity index (χ1) is 20.1. The Labute approximate surface area is 248 Å². The lowest BCUT2D eigenvalue weighted by molar-refractivity contribution is -0.767. The number of nitrogens with zero attached hydrogens (tertiary/aromatic N) is 7. The Bertz CT molecular complexity index is 1290. The summed E-state index contributed by atoms with van der Waals surface area (Å²) in [6, 6.07) is -0.124. The number of ketones is 1.